The molecule has 1 N–H and O–H groups in total. The normalized spacial score (nSPS) is 9.62. The first-order valence-electron chi connectivity index (χ1n) is 4.67. The van der Waals surface area contributed by atoms with Gasteiger partial charge in [-0.1, -0.05) is 0 Å². The number of carboxylic acid groups (broad SMARTS) is 1. The van der Waals surface area contributed by atoms with E-state index in [0.717, 1.165) is 0 Å². The maximum atomic E-state index is 11.0. The van der Waals surface area contributed by atoms with Crippen molar-refractivity contribution < 1.29 is 24.2 Å². The van der Waals surface area contributed by atoms with E-state index in [1.165, 1.54) is 19.2 Å². The van der Waals surface area contributed by atoms with Crippen LogP contribution in [0, 0.1) is 0 Å². The molecule has 16 heavy (non-hydrogen) atoms. The molecule has 0 bridgehead atoms. The Hall–Kier alpha value is -2.04. The first-order valence-corrected chi connectivity index (χ1v) is 4.67. The number of methoxy groups -OCH3 is 1. The van der Waals surface area contributed by atoms with Crippen LogP contribution in [0.3, 0.4) is 0 Å². The van der Waals surface area contributed by atoms with E-state index in [2.05, 4.69) is 0 Å². The van der Waals surface area contributed by atoms with Gasteiger partial charge < -0.3 is 14.6 Å². The number of aromatic carboxylic acids is 1. The Morgan fingerprint density at radius 3 is 2.62 bits per heavy atom. The van der Waals surface area contributed by atoms with E-state index in [4.69, 9.17) is 14.6 Å². The fourth-order valence-corrected chi connectivity index (χ4v) is 1.30. The SMILES string of the molecule is CCOc1c(OC)cc(C=O)cc1C(=O)O. The molecule has 1 aromatic rings. The van der Waals surface area contributed by atoms with Crippen LogP contribution < -0.4 is 9.47 Å². The van der Waals surface area contributed by atoms with Crippen molar-refractivity contribution >= 4 is 12.3 Å². The number of carboxylic acids is 1. The largest absolute Gasteiger partial charge is 0.493 e. The van der Waals surface area contributed by atoms with E-state index in [1.54, 1.807) is 6.92 Å². The van der Waals surface area contributed by atoms with Gasteiger partial charge >= 0.3 is 5.97 Å². The Morgan fingerprint density at radius 1 is 1.50 bits per heavy atom. The minimum absolute atomic E-state index is 0.0803. The molecule has 0 amide bonds. The van der Waals surface area contributed by atoms with Crippen molar-refractivity contribution in [3.63, 3.8) is 0 Å². The van der Waals surface area contributed by atoms with E-state index >= 15 is 0 Å². The van der Waals surface area contributed by atoms with Crippen LogP contribution in [0.15, 0.2) is 12.1 Å². The molecule has 0 saturated heterocycles. The van der Waals surface area contributed by atoms with Gasteiger partial charge in [-0.2, -0.15) is 0 Å². The summed E-state index contributed by atoms with van der Waals surface area (Å²) >= 11 is 0. The molecule has 5 heteroatoms. The number of aldehydes is 1. The molecule has 0 aromatic heterocycles. The zero-order chi connectivity index (χ0) is 12.1. The van der Waals surface area contributed by atoms with Crippen molar-refractivity contribution in [2.24, 2.45) is 0 Å². The maximum absolute atomic E-state index is 11.0. The lowest BCUT2D eigenvalue weighted by Crippen LogP contribution is -2.06. The second kappa shape index (κ2) is 5.16. The predicted octanol–water partition coefficient (Wildman–Crippen LogP) is 1.60. The second-order valence-corrected chi connectivity index (χ2v) is 2.96. The minimum atomic E-state index is -1.16. The topological polar surface area (TPSA) is 72.8 Å². The van der Waals surface area contributed by atoms with Crippen LogP contribution in [0.2, 0.25) is 0 Å². The summed E-state index contributed by atoms with van der Waals surface area (Å²) in [5.74, 6) is -0.780. The van der Waals surface area contributed by atoms with Crippen LogP contribution in [0.25, 0.3) is 0 Å². The molecule has 0 saturated carbocycles. The van der Waals surface area contributed by atoms with E-state index in [1.807, 2.05) is 0 Å². The van der Waals surface area contributed by atoms with Crippen molar-refractivity contribution in [3.05, 3.63) is 23.3 Å². The molecule has 5 nitrogen and oxygen atoms in total. The van der Waals surface area contributed by atoms with Gasteiger partial charge in [0.1, 0.15) is 11.8 Å². The smallest absolute Gasteiger partial charge is 0.339 e. The Kier molecular flexibility index (Phi) is 3.88. The van der Waals surface area contributed by atoms with Crippen LogP contribution >= 0.6 is 0 Å². The van der Waals surface area contributed by atoms with Gasteiger partial charge in [-0.15, -0.1) is 0 Å². The average molecular weight is 224 g/mol. The number of rotatable bonds is 5. The molecule has 0 aliphatic heterocycles. The lowest BCUT2D eigenvalue weighted by molar-refractivity contribution is 0.0691. The molecule has 1 rings (SSSR count). The van der Waals surface area contributed by atoms with Gasteiger partial charge in [-0.05, 0) is 19.1 Å². The van der Waals surface area contributed by atoms with Crippen molar-refractivity contribution in [1.82, 2.24) is 0 Å². The third-order valence-electron chi connectivity index (χ3n) is 1.95. The molecule has 0 radical (unpaired) electrons. The highest BCUT2D eigenvalue weighted by Gasteiger charge is 2.17. The Bertz CT molecular complexity index is 411. The lowest BCUT2D eigenvalue weighted by atomic mass is 10.1. The van der Waals surface area contributed by atoms with Crippen LogP contribution in [-0.4, -0.2) is 31.1 Å². The monoisotopic (exact) mass is 224 g/mol. The van der Waals surface area contributed by atoms with Gasteiger partial charge in [0.05, 0.1) is 13.7 Å². The third-order valence-corrected chi connectivity index (χ3v) is 1.95. The van der Waals surface area contributed by atoms with E-state index in [0.29, 0.717) is 12.9 Å². The molecule has 86 valence electrons. The average Bonchev–Trinajstić information content (AvgIpc) is 2.29. The van der Waals surface area contributed by atoms with Crippen LogP contribution in [0.4, 0.5) is 0 Å². The molecule has 0 unspecified atom stereocenters. The summed E-state index contributed by atoms with van der Waals surface area (Å²) in [6, 6.07) is 2.69. The van der Waals surface area contributed by atoms with Gasteiger partial charge in [-0.3, -0.25) is 4.79 Å². The minimum Gasteiger partial charge on any atom is -0.493 e. The fraction of sp³-hybridized carbons (Fsp3) is 0.273. The lowest BCUT2D eigenvalue weighted by Gasteiger charge is -2.12. The summed E-state index contributed by atoms with van der Waals surface area (Å²) < 4.78 is 10.2. The summed E-state index contributed by atoms with van der Waals surface area (Å²) in [6.45, 7) is 2.05. The number of hydrogen-bond acceptors (Lipinski definition) is 4. The zero-order valence-electron chi connectivity index (χ0n) is 9.02. The third kappa shape index (κ3) is 2.31. The van der Waals surface area contributed by atoms with E-state index in [9.17, 15) is 9.59 Å². The molecular formula is C11H12O5. The number of carbonyl (C=O) groups is 2. The maximum Gasteiger partial charge on any atom is 0.339 e. The highest BCUT2D eigenvalue weighted by Crippen LogP contribution is 2.32. The zero-order valence-corrected chi connectivity index (χ0v) is 9.02. The van der Waals surface area contributed by atoms with Crippen molar-refractivity contribution in [2.75, 3.05) is 13.7 Å². The van der Waals surface area contributed by atoms with Crippen molar-refractivity contribution in [1.29, 1.82) is 0 Å². The summed E-state index contributed by atoms with van der Waals surface area (Å²) in [5.41, 5.74) is 0.154. The van der Waals surface area contributed by atoms with Crippen molar-refractivity contribution in [3.8, 4) is 11.5 Å². The number of carbonyl (C=O) groups excluding carboxylic acids is 1. The second-order valence-electron chi connectivity index (χ2n) is 2.96. The Morgan fingerprint density at radius 2 is 2.19 bits per heavy atom. The van der Waals surface area contributed by atoms with Gasteiger partial charge in [0.2, 0.25) is 0 Å². The van der Waals surface area contributed by atoms with Crippen LogP contribution in [-0.2, 0) is 0 Å². The highest BCUT2D eigenvalue weighted by molar-refractivity contribution is 5.94. The summed E-state index contributed by atoms with van der Waals surface area (Å²) in [5, 5.41) is 8.98. The van der Waals surface area contributed by atoms with Crippen LogP contribution in [0.5, 0.6) is 11.5 Å². The van der Waals surface area contributed by atoms with Gasteiger partial charge in [0.25, 0.3) is 0 Å². The molecule has 0 fully saturated rings. The molecule has 0 aliphatic carbocycles. The van der Waals surface area contributed by atoms with Gasteiger partial charge in [0.15, 0.2) is 11.5 Å². The van der Waals surface area contributed by atoms with E-state index < -0.39 is 5.97 Å². The van der Waals surface area contributed by atoms with Gasteiger partial charge in [0, 0.05) is 5.56 Å². The summed E-state index contributed by atoms with van der Waals surface area (Å²) in [4.78, 5) is 21.6. The summed E-state index contributed by atoms with van der Waals surface area (Å²) in [6.07, 6.45) is 0.560. The fourth-order valence-electron chi connectivity index (χ4n) is 1.30. The van der Waals surface area contributed by atoms with E-state index in [-0.39, 0.29) is 22.6 Å². The standard InChI is InChI=1S/C11H12O5/c1-3-16-10-8(11(13)14)4-7(6-12)5-9(10)15-2/h4-6H,3H2,1-2H3,(H,13,14). The first kappa shape index (κ1) is 12.0. The number of benzene rings is 1. The number of ether oxygens (including phenoxy) is 2. The van der Waals surface area contributed by atoms with Crippen molar-refractivity contribution in [2.45, 2.75) is 6.92 Å². The predicted molar refractivity (Wildman–Crippen MR) is 56.5 cm³/mol. The molecule has 0 aliphatic rings. The Balaban J connectivity index is 3.40. The first-order chi connectivity index (χ1) is 7.63. The van der Waals surface area contributed by atoms with Gasteiger partial charge in [-0.25, -0.2) is 4.79 Å². The van der Waals surface area contributed by atoms with Crippen LogP contribution in [0.1, 0.15) is 27.6 Å². The molecule has 0 heterocycles. The Labute approximate surface area is 92.6 Å². The molecule has 0 atom stereocenters. The molecule has 0 spiro atoms. The highest BCUT2D eigenvalue weighted by atomic mass is 16.5. The number of hydrogen-bond donors (Lipinski definition) is 1. The molecular weight excluding hydrogens is 212 g/mol. The summed E-state index contributed by atoms with van der Waals surface area (Å²) in [7, 11) is 1.39. The molecule has 1 aromatic carbocycles. The quantitative estimate of drug-likeness (QED) is 0.769.